The Balaban J connectivity index is 1.35. The molecule has 6 nitrogen and oxygen atoms in total. The third kappa shape index (κ3) is 5.75. The Morgan fingerprint density at radius 3 is 2.65 bits per heavy atom. The lowest BCUT2D eigenvalue weighted by Gasteiger charge is -2.10. The summed E-state index contributed by atoms with van der Waals surface area (Å²) in [5, 5.41) is 6.95. The molecule has 0 fully saturated rings. The maximum Gasteiger partial charge on any atom is 0.251 e. The van der Waals surface area contributed by atoms with E-state index >= 15 is 0 Å². The maximum atomic E-state index is 12.3. The maximum absolute atomic E-state index is 12.3. The van der Waals surface area contributed by atoms with Gasteiger partial charge in [0, 0.05) is 41.0 Å². The molecule has 2 aromatic carbocycles. The zero-order chi connectivity index (χ0) is 21.6. The summed E-state index contributed by atoms with van der Waals surface area (Å²) < 4.78 is 6.00. The first-order valence-corrected chi connectivity index (χ1v) is 10.6. The Morgan fingerprint density at radius 1 is 1.06 bits per heavy atom. The Morgan fingerprint density at radius 2 is 1.87 bits per heavy atom. The van der Waals surface area contributed by atoms with Crippen LogP contribution in [-0.4, -0.2) is 36.4 Å². The fourth-order valence-corrected chi connectivity index (χ4v) is 3.71. The molecular formula is C23H20Cl2N4O2. The quantitative estimate of drug-likeness (QED) is 0.550. The van der Waals surface area contributed by atoms with Crippen LogP contribution >= 0.6 is 23.2 Å². The van der Waals surface area contributed by atoms with E-state index in [1.165, 1.54) is 0 Å². The van der Waals surface area contributed by atoms with Crippen molar-refractivity contribution in [3.05, 3.63) is 87.7 Å². The number of rotatable bonds is 7. The number of nitrogens with one attached hydrogen (secondary N) is 2. The summed E-state index contributed by atoms with van der Waals surface area (Å²) in [6, 6.07) is 16.2. The third-order valence-electron chi connectivity index (χ3n) is 4.61. The summed E-state index contributed by atoms with van der Waals surface area (Å²) >= 11 is 11.9. The Labute approximate surface area is 190 Å². The van der Waals surface area contributed by atoms with Crippen molar-refractivity contribution in [2.24, 2.45) is 4.99 Å². The molecule has 158 valence electrons. The van der Waals surface area contributed by atoms with Crippen molar-refractivity contribution in [2.75, 3.05) is 19.6 Å². The molecule has 0 spiro atoms. The fourth-order valence-electron chi connectivity index (χ4n) is 3.18. The van der Waals surface area contributed by atoms with Crippen molar-refractivity contribution < 1.29 is 9.53 Å². The highest BCUT2D eigenvalue weighted by Gasteiger charge is 2.11. The first-order valence-electron chi connectivity index (χ1n) is 9.83. The second-order valence-corrected chi connectivity index (χ2v) is 7.82. The van der Waals surface area contributed by atoms with Crippen molar-refractivity contribution in [3.63, 3.8) is 0 Å². The highest BCUT2D eigenvalue weighted by atomic mass is 35.5. The van der Waals surface area contributed by atoms with E-state index in [0.717, 1.165) is 30.2 Å². The van der Waals surface area contributed by atoms with E-state index in [4.69, 9.17) is 27.9 Å². The largest absolute Gasteiger partial charge is 0.457 e. The molecule has 31 heavy (non-hydrogen) atoms. The second kappa shape index (κ2) is 9.81. The minimum absolute atomic E-state index is 0.218. The highest BCUT2D eigenvalue weighted by Crippen LogP contribution is 2.23. The Hall–Kier alpha value is -3.09. The van der Waals surface area contributed by atoms with Crippen molar-refractivity contribution in [1.29, 1.82) is 0 Å². The first kappa shape index (κ1) is 21.2. The van der Waals surface area contributed by atoms with Gasteiger partial charge in [0.05, 0.1) is 6.54 Å². The summed E-state index contributed by atoms with van der Waals surface area (Å²) in [5.74, 6) is 1.97. The molecule has 4 rings (SSSR count). The number of aromatic nitrogens is 1. The van der Waals surface area contributed by atoms with Crippen LogP contribution in [0.3, 0.4) is 0 Å². The Kier molecular flexibility index (Phi) is 6.70. The normalized spacial score (nSPS) is 12.8. The average Bonchev–Trinajstić information content (AvgIpc) is 3.28. The number of ether oxygens (including phenoxy) is 1. The third-order valence-corrected chi connectivity index (χ3v) is 5.04. The number of carbonyl (C=O) groups is 1. The van der Waals surface area contributed by atoms with Crippen molar-refractivity contribution in [2.45, 2.75) is 6.42 Å². The molecule has 0 bridgehead atoms. The number of hydrogen-bond acceptors (Lipinski definition) is 5. The predicted octanol–water partition coefficient (Wildman–Crippen LogP) is 4.50. The zero-order valence-electron chi connectivity index (χ0n) is 16.6. The number of carbonyl (C=O) groups excluding carboxylic acids is 1. The molecule has 1 aromatic heterocycles. The molecule has 0 unspecified atom stereocenters. The van der Waals surface area contributed by atoms with E-state index in [1.54, 1.807) is 24.4 Å². The van der Waals surface area contributed by atoms with Gasteiger partial charge in [-0.3, -0.25) is 14.8 Å². The van der Waals surface area contributed by atoms with Crippen LogP contribution in [0, 0.1) is 0 Å². The van der Waals surface area contributed by atoms with Gasteiger partial charge in [0.15, 0.2) is 0 Å². The molecule has 8 heteroatoms. The summed E-state index contributed by atoms with van der Waals surface area (Å²) in [7, 11) is 0. The van der Waals surface area contributed by atoms with Crippen LogP contribution in [0.25, 0.3) is 0 Å². The van der Waals surface area contributed by atoms with Gasteiger partial charge in [-0.05, 0) is 48.4 Å². The Bertz CT molecular complexity index is 1110. The zero-order valence-corrected chi connectivity index (χ0v) is 18.1. The van der Waals surface area contributed by atoms with Gasteiger partial charge in [-0.15, -0.1) is 0 Å². The van der Waals surface area contributed by atoms with Gasteiger partial charge in [-0.1, -0.05) is 35.3 Å². The van der Waals surface area contributed by atoms with E-state index in [1.807, 2.05) is 36.4 Å². The van der Waals surface area contributed by atoms with E-state index < -0.39 is 0 Å². The predicted molar refractivity (Wildman–Crippen MR) is 123 cm³/mol. The van der Waals surface area contributed by atoms with Gasteiger partial charge in [0.1, 0.15) is 23.0 Å². The molecule has 0 radical (unpaired) electrons. The van der Waals surface area contributed by atoms with Crippen molar-refractivity contribution in [1.82, 2.24) is 15.6 Å². The number of pyridine rings is 1. The van der Waals surface area contributed by atoms with E-state index in [0.29, 0.717) is 40.1 Å². The van der Waals surface area contributed by atoms with Crippen molar-refractivity contribution >= 4 is 34.9 Å². The summed E-state index contributed by atoms with van der Waals surface area (Å²) in [6.45, 7) is 2.05. The number of amidine groups is 1. The molecule has 0 aliphatic carbocycles. The minimum Gasteiger partial charge on any atom is -0.457 e. The minimum atomic E-state index is -0.218. The number of amides is 1. The van der Waals surface area contributed by atoms with Gasteiger partial charge in [0.2, 0.25) is 0 Å². The molecule has 3 aromatic rings. The van der Waals surface area contributed by atoms with Crippen LogP contribution in [-0.2, 0) is 6.42 Å². The molecular weight excluding hydrogens is 435 g/mol. The van der Waals surface area contributed by atoms with Crippen LogP contribution in [0.15, 0.2) is 65.8 Å². The summed E-state index contributed by atoms with van der Waals surface area (Å²) in [6.07, 6.45) is 2.36. The lowest BCUT2D eigenvalue weighted by molar-refractivity contribution is 0.0954. The smallest absolute Gasteiger partial charge is 0.251 e. The van der Waals surface area contributed by atoms with Gasteiger partial charge in [0.25, 0.3) is 5.91 Å². The molecule has 1 amide bonds. The van der Waals surface area contributed by atoms with Crippen LogP contribution in [0.1, 0.15) is 21.6 Å². The fraction of sp³-hybridized carbons (Fsp3) is 0.174. The van der Waals surface area contributed by atoms with E-state index in [2.05, 4.69) is 20.6 Å². The highest BCUT2D eigenvalue weighted by molar-refractivity contribution is 6.35. The van der Waals surface area contributed by atoms with E-state index in [-0.39, 0.29) is 5.91 Å². The standard InChI is InChI=1S/C23H20Cl2N4O2/c24-17-11-16(12-18(25)13-17)23(30)29-6-4-15-2-1-3-19(10-15)31-20-5-7-26-21(14-20)22-27-8-9-28-22/h1-3,5,7,10-14H,4,6,8-9H2,(H,27,28)(H,29,30). The van der Waals surface area contributed by atoms with E-state index in [9.17, 15) is 4.79 Å². The molecule has 2 N–H and O–H groups in total. The number of hydrogen-bond donors (Lipinski definition) is 2. The molecule has 1 aliphatic rings. The molecule has 1 aliphatic heterocycles. The van der Waals surface area contributed by atoms with Gasteiger partial charge in [-0.2, -0.15) is 0 Å². The van der Waals surface area contributed by atoms with Crippen LogP contribution in [0.2, 0.25) is 10.0 Å². The topological polar surface area (TPSA) is 75.6 Å². The molecule has 0 saturated carbocycles. The lowest BCUT2D eigenvalue weighted by atomic mass is 10.1. The number of benzene rings is 2. The monoisotopic (exact) mass is 454 g/mol. The number of nitrogens with zero attached hydrogens (tertiary/aromatic N) is 2. The summed E-state index contributed by atoms with van der Waals surface area (Å²) in [4.78, 5) is 21.0. The number of aliphatic imine (C=N–C) groups is 1. The SMILES string of the molecule is O=C(NCCc1cccc(Oc2ccnc(C3=NCCN3)c2)c1)c1cc(Cl)cc(Cl)c1. The molecule has 0 saturated heterocycles. The number of halogens is 2. The van der Waals surface area contributed by atoms with Gasteiger partial charge >= 0.3 is 0 Å². The average molecular weight is 455 g/mol. The van der Waals surface area contributed by atoms with Gasteiger partial charge in [-0.25, -0.2) is 0 Å². The summed E-state index contributed by atoms with van der Waals surface area (Å²) in [5.41, 5.74) is 2.23. The molecule has 2 heterocycles. The molecule has 0 atom stereocenters. The first-order chi connectivity index (χ1) is 15.1. The lowest BCUT2D eigenvalue weighted by Crippen LogP contribution is -2.25. The van der Waals surface area contributed by atoms with Crippen molar-refractivity contribution in [3.8, 4) is 11.5 Å². The van der Waals surface area contributed by atoms with Gasteiger partial charge < -0.3 is 15.4 Å². The second-order valence-electron chi connectivity index (χ2n) is 6.95. The van der Waals surface area contributed by atoms with Crippen LogP contribution in [0.4, 0.5) is 0 Å². The van der Waals surface area contributed by atoms with Crippen LogP contribution < -0.4 is 15.4 Å². The van der Waals surface area contributed by atoms with Crippen LogP contribution in [0.5, 0.6) is 11.5 Å².